The lowest BCUT2D eigenvalue weighted by Crippen LogP contribution is -2.52. The second-order valence-corrected chi connectivity index (χ2v) is 9.96. The van der Waals surface area contributed by atoms with E-state index in [9.17, 15) is 4.39 Å². The monoisotopic (exact) mass is 442 g/mol. The SMILES string of the molecule is CCOc1ccc(N2CCN(CC3Cc4cnc(N)nc4N3CC(C)(C)C)CC2)c(F)c1. The fraction of sp³-hybridized carbons (Fsp3) is 0.583. The van der Waals surface area contributed by atoms with E-state index in [0.717, 1.165) is 51.5 Å². The van der Waals surface area contributed by atoms with Crippen molar-refractivity contribution in [1.29, 1.82) is 0 Å². The van der Waals surface area contributed by atoms with Gasteiger partial charge in [0.1, 0.15) is 17.4 Å². The number of halogens is 1. The third kappa shape index (κ3) is 5.06. The smallest absolute Gasteiger partial charge is 0.221 e. The highest BCUT2D eigenvalue weighted by Crippen LogP contribution is 2.34. The molecule has 1 aromatic heterocycles. The van der Waals surface area contributed by atoms with Crippen LogP contribution < -0.4 is 20.3 Å². The third-order valence-electron chi connectivity index (χ3n) is 6.09. The van der Waals surface area contributed by atoms with Crippen molar-refractivity contribution in [3.05, 3.63) is 35.8 Å². The number of anilines is 3. The van der Waals surface area contributed by atoms with E-state index in [0.29, 0.717) is 30.0 Å². The maximum Gasteiger partial charge on any atom is 0.221 e. The van der Waals surface area contributed by atoms with Crippen LogP contribution in [0.5, 0.6) is 5.75 Å². The number of hydrogen-bond acceptors (Lipinski definition) is 7. The molecule has 0 spiro atoms. The number of ether oxygens (including phenoxy) is 1. The van der Waals surface area contributed by atoms with Crippen LogP contribution in [0.15, 0.2) is 24.4 Å². The number of nitrogen functional groups attached to an aromatic ring is 1. The van der Waals surface area contributed by atoms with Gasteiger partial charge in [0.05, 0.1) is 12.3 Å². The summed E-state index contributed by atoms with van der Waals surface area (Å²) >= 11 is 0. The molecule has 32 heavy (non-hydrogen) atoms. The molecule has 0 amide bonds. The largest absolute Gasteiger partial charge is 0.494 e. The number of piperazine rings is 1. The highest BCUT2D eigenvalue weighted by molar-refractivity contribution is 5.55. The Kier molecular flexibility index (Phi) is 6.42. The molecule has 3 heterocycles. The van der Waals surface area contributed by atoms with Crippen LogP contribution in [0.3, 0.4) is 0 Å². The summed E-state index contributed by atoms with van der Waals surface area (Å²) in [5.74, 6) is 1.67. The van der Waals surface area contributed by atoms with Gasteiger partial charge in [-0.3, -0.25) is 4.90 Å². The second-order valence-electron chi connectivity index (χ2n) is 9.96. The summed E-state index contributed by atoms with van der Waals surface area (Å²) in [6, 6.07) is 5.51. The van der Waals surface area contributed by atoms with Gasteiger partial charge in [-0.2, -0.15) is 4.98 Å². The number of benzene rings is 1. The molecule has 1 fully saturated rings. The average Bonchev–Trinajstić information content (AvgIpc) is 3.04. The maximum atomic E-state index is 14.6. The van der Waals surface area contributed by atoms with Gasteiger partial charge in [0.15, 0.2) is 0 Å². The molecule has 1 atom stereocenters. The fourth-order valence-corrected chi connectivity index (χ4v) is 4.69. The summed E-state index contributed by atoms with van der Waals surface area (Å²) in [7, 11) is 0. The Morgan fingerprint density at radius 2 is 1.94 bits per heavy atom. The summed E-state index contributed by atoms with van der Waals surface area (Å²) in [5.41, 5.74) is 7.86. The van der Waals surface area contributed by atoms with Crippen LogP contribution in [-0.4, -0.2) is 66.8 Å². The topological polar surface area (TPSA) is 70.8 Å². The number of nitrogens with zero attached hydrogens (tertiary/aromatic N) is 5. The molecule has 0 saturated carbocycles. The van der Waals surface area contributed by atoms with Gasteiger partial charge in [-0.15, -0.1) is 0 Å². The Labute approximate surface area is 190 Å². The van der Waals surface area contributed by atoms with Gasteiger partial charge in [-0.1, -0.05) is 20.8 Å². The zero-order valence-corrected chi connectivity index (χ0v) is 19.6. The summed E-state index contributed by atoms with van der Waals surface area (Å²) in [6.07, 6.45) is 2.80. The van der Waals surface area contributed by atoms with Crippen molar-refractivity contribution in [2.24, 2.45) is 5.41 Å². The highest BCUT2D eigenvalue weighted by Gasteiger charge is 2.35. The summed E-state index contributed by atoms with van der Waals surface area (Å²) in [4.78, 5) is 15.8. The van der Waals surface area contributed by atoms with Crippen molar-refractivity contribution in [2.75, 3.05) is 61.4 Å². The van der Waals surface area contributed by atoms with Gasteiger partial charge in [-0.05, 0) is 30.9 Å². The molecule has 7 nitrogen and oxygen atoms in total. The normalized spacial score (nSPS) is 19.3. The molecular weight excluding hydrogens is 407 g/mol. The Hall–Kier alpha value is -2.61. The van der Waals surface area contributed by atoms with Crippen LogP contribution in [0.4, 0.5) is 21.8 Å². The van der Waals surface area contributed by atoms with Crippen LogP contribution in [-0.2, 0) is 6.42 Å². The third-order valence-corrected chi connectivity index (χ3v) is 6.09. The first-order chi connectivity index (χ1) is 15.2. The molecule has 0 aliphatic carbocycles. The van der Waals surface area contributed by atoms with E-state index in [2.05, 4.69) is 45.4 Å². The predicted molar refractivity (Wildman–Crippen MR) is 127 cm³/mol. The molecule has 1 aromatic carbocycles. The summed E-state index contributed by atoms with van der Waals surface area (Å²) in [6.45, 7) is 14.4. The summed E-state index contributed by atoms with van der Waals surface area (Å²) in [5, 5.41) is 0. The first-order valence-electron chi connectivity index (χ1n) is 11.5. The van der Waals surface area contributed by atoms with Crippen molar-refractivity contribution < 1.29 is 9.13 Å². The molecule has 2 aromatic rings. The van der Waals surface area contributed by atoms with Crippen LogP contribution in [0.2, 0.25) is 0 Å². The van der Waals surface area contributed by atoms with Gasteiger partial charge in [0, 0.05) is 63.1 Å². The molecule has 0 radical (unpaired) electrons. The van der Waals surface area contributed by atoms with Crippen molar-refractivity contribution in [2.45, 2.75) is 40.2 Å². The number of fused-ring (bicyclic) bond motifs is 1. The van der Waals surface area contributed by atoms with E-state index in [1.165, 1.54) is 11.6 Å². The Morgan fingerprint density at radius 3 is 2.59 bits per heavy atom. The quantitative estimate of drug-likeness (QED) is 0.737. The van der Waals surface area contributed by atoms with Crippen LogP contribution in [0.25, 0.3) is 0 Å². The Morgan fingerprint density at radius 1 is 1.19 bits per heavy atom. The predicted octanol–water partition coefficient (Wildman–Crippen LogP) is 3.20. The van der Waals surface area contributed by atoms with E-state index >= 15 is 0 Å². The van der Waals surface area contributed by atoms with Crippen molar-refractivity contribution in [3.8, 4) is 5.75 Å². The zero-order chi connectivity index (χ0) is 22.9. The molecule has 2 N–H and O–H groups in total. The van der Waals surface area contributed by atoms with Gasteiger partial charge in [0.2, 0.25) is 5.95 Å². The van der Waals surface area contributed by atoms with Crippen molar-refractivity contribution in [3.63, 3.8) is 0 Å². The first-order valence-corrected chi connectivity index (χ1v) is 11.5. The highest BCUT2D eigenvalue weighted by atomic mass is 19.1. The minimum Gasteiger partial charge on any atom is -0.494 e. The van der Waals surface area contributed by atoms with Gasteiger partial charge in [0.25, 0.3) is 0 Å². The van der Waals surface area contributed by atoms with Crippen molar-refractivity contribution in [1.82, 2.24) is 14.9 Å². The lowest BCUT2D eigenvalue weighted by molar-refractivity contribution is 0.235. The van der Waals surface area contributed by atoms with Crippen LogP contribution >= 0.6 is 0 Å². The molecule has 1 saturated heterocycles. The van der Waals surface area contributed by atoms with E-state index < -0.39 is 0 Å². The Bertz CT molecular complexity index is 939. The van der Waals surface area contributed by atoms with Crippen molar-refractivity contribution >= 4 is 17.5 Å². The molecular formula is C24H35FN6O. The molecule has 2 aliphatic heterocycles. The minimum absolute atomic E-state index is 0.142. The number of rotatable bonds is 6. The van der Waals surface area contributed by atoms with E-state index in [1.54, 1.807) is 0 Å². The average molecular weight is 443 g/mol. The van der Waals surface area contributed by atoms with Crippen LogP contribution in [0.1, 0.15) is 33.3 Å². The molecule has 174 valence electrons. The zero-order valence-electron chi connectivity index (χ0n) is 19.6. The fourth-order valence-electron chi connectivity index (χ4n) is 4.69. The summed E-state index contributed by atoms with van der Waals surface area (Å²) < 4.78 is 20.0. The van der Waals surface area contributed by atoms with E-state index in [1.807, 2.05) is 25.3 Å². The van der Waals surface area contributed by atoms with Gasteiger partial charge < -0.3 is 20.3 Å². The lowest BCUT2D eigenvalue weighted by atomic mass is 9.95. The molecule has 8 heteroatoms. The lowest BCUT2D eigenvalue weighted by Gasteiger charge is -2.40. The van der Waals surface area contributed by atoms with Gasteiger partial charge in [-0.25, -0.2) is 9.37 Å². The number of aromatic nitrogens is 2. The first kappa shape index (κ1) is 22.6. The molecule has 1 unspecified atom stereocenters. The van der Waals surface area contributed by atoms with E-state index in [-0.39, 0.29) is 11.2 Å². The molecule has 0 bridgehead atoms. The van der Waals surface area contributed by atoms with Crippen LogP contribution in [0, 0.1) is 11.2 Å². The van der Waals surface area contributed by atoms with Gasteiger partial charge >= 0.3 is 0 Å². The Balaban J connectivity index is 1.40. The molecule has 4 rings (SSSR count). The number of hydrogen-bond donors (Lipinski definition) is 1. The molecule has 2 aliphatic rings. The minimum atomic E-state index is -0.219. The number of nitrogens with two attached hydrogens (primary N) is 1. The standard InChI is InChI=1S/C24H35FN6O/c1-5-32-19-6-7-21(20(25)13-19)30-10-8-29(9-11-30)15-18-12-17-14-27-23(26)28-22(17)31(18)16-24(2,3)4/h6-7,13-14,18H,5,8-12,15-16H2,1-4H3,(H2,26,27,28). The maximum absolute atomic E-state index is 14.6. The van der Waals surface area contributed by atoms with E-state index in [4.69, 9.17) is 10.5 Å². The second kappa shape index (κ2) is 9.10.